The summed E-state index contributed by atoms with van der Waals surface area (Å²) in [5.41, 5.74) is 2.06. The normalized spacial score (nSPS) is 8.56. The average Bonchev–Trinajstić information content (AvgIpc) is 2.45. The zero-order valence-electron chi connectivity index (χ0n) is 9.38. The van der Waals surface area contributed by atoms with Gasteiger partial charge < -0.3 is 0 Å². The molecule has 18 heavy (non-hydrogen) atoms. The Morgan fingerprint density at radius 1 is 0.889 bits per heavy atom. The Kier molecular flexibility index (Phi) is 3.36. The van der Waals surface area contributed by atoms with Crippen LogP contribution in [0.25, 0.3) is 0 Å². The SMILES string of the molecule is N#Cc1ccc(C#Cc2ccccn2)cc1C#N. The van der Waals surface area contributed by atoms with E-state index in [1.54, 1.807) is 24.4 Å². The zero-order valence-corrected chi connectivity index (χ0v) is 9.38. The molecule has 82 valence electrons. The summed E-state index contributed by atoms with van der Waals surface area (Å²) in [6.45, 7) is 0. The highest BCUT2D eigenvalue weighted by molar-refractivity contribution is 5.51. The van der Waals surface area contributed by atoms with Crippen LogP contribution in [0, 0.1) is 34.5 Å². The molecule has 2 aromatic rings. The van der Waals surface area contributed by atoms with Crippen LogP contribution in [-0.2, 0) is 0 Å². The molecule has 0 aliphatic rings. The summed E-state index contributed by atoms with van der Waals surface area (Å²) >= 11 is 0. The van der Waals surface area contributed by atoms with Crippen molar-refractivity contribution in [1.82, 2.24) is 4.98 Å². The van der Waals surface area contributed by atoms with Crippen molar-refractivity contribution in [3.8, 4) is 24.0 Å². The highest BCUT2D eigenvalue weighted by Gasteiger charge is 2.00. The van der Waals surface area contributed by atoms with E-state index in [2.05, 4.69) is 16.8 Å². The molecule has 0 saturated carbocycles. The first-order chi connectivity index (χ1) is 8.83. The summed E-state index contributed by atoms with van der Waals surface area (Å²) in [4.78, 5) is 4.08. The maximum Gasteiger partial charge on any atom is 0.113 e. The third kappa shape index (κ3) is 2.53. The number of rotatable bonds is 0. The van der Waals surface area contributed by atoms with Gasteiger partial charge in [-0.05, 0) is 36.3 Å². The Labute approximate surface area is 105 Å². The topological polar surface area (TPSA) is 60.5 Å². The summed E-state index contributed by atoms with van der Waals surface area (Å²) in [5, 5.41) is 17.7. The van der Waals surface area contributed by atoms with Gasteiger partial charge in [0.25, 0.3) is 0 Å². The third-order valence-electron chi connectivity index (χ3n) is 2.26. The van der Waals surface area contributed by atoms with Crippen LogP contribution in [-0.4, -0.2) is 4.98 Å². The lowest BCUT2D eigenvalue weighted by atomic mass is 10.1. The largest absolute Gasteiger partial charge is 0.248 e. The van der Waals surface area contributed by atoms with Gasteiger partial charge in [-0.1, -0.05) is 12.0 Å². The quantitative estimate of drug-likeness (QED) is 0.651. The minimum absolute atomic E-state index is 0.338. The summed E-state index contributed by atoms with van der Waals surface area (Å²) < 4.78 is 0. The van der Waals surface area contributed by atoms with Crippen LogP contribution in [0.15, 0.2) is 42.6 Å². The molecule has 2 rings (SSSR count). The van der Waals surface area contributed by atoms with Gasteiger partial charge >= 0.3 is 0 Å². The number of pyridine rings is 1. The molecule has 0 amide bonds. The van der Waals surface area contributed by atoms with Gasteiger partial charge in [-0.3, -0.25) is 0 Å². The van der Waals surface area contributed by atoms with Crippen molar-refractivity contribution >= 4 is 0 Å². The number of nitrogens with zero attached hydrogens (tertiary/aromatic N) is 3. The fraction of sp³-hybridized carbons (Fsp3) is 0. The molecular formula is C15H7N3. The molecule has 0 atom stereocenters. The second-order valence-corrected chi connectivity index (χ2v) is 3.45. The molecule has 0 unspecified atom stereocenters. The molecule has 3 heteroatoms. The monoisotopic (exact) mass is 229 g/mol. The van der Waals surface area contributed by atoms with Crippen LogP contribution in [0.1, 0.15) is 22.4 Å². The Hall–Kier alpha value is -3.09. The first kappa shape index (κ1) is 11.4. The predicted octanol–water partition coefficient (Wildman–Crippen LogP) is 2.22. The summed E-state index contributed by atoms with van der Waals surface area (Å²) in [6.07, 6.45) is 1.67. The van der Waals surface area contributed by atoms with E-state index in [0.717, 1.165) is 0 Å². The molecule has 0 radical (unpaired) electrons. The van der Waals surface area contributed by atoms with Gasteiger partial charge in [-0.25, -0.2) is 4.98 Å². The van der Waals surface area contributed by atoms with Crippen molar-refractivity contribution in [2.75, 3.05) is 0 Å². The first-order valence-electron chi connectivity index (χ1n) is 5.21. The Morgan fingerprint density at radius 2 is 1.72 bits per heavy atom. The molecule has 0 spiro atoms. The number of benzene rings is 1. The molecule has 3 nitrogen and oxygen atoms in total. The van der Waals surface area contributed by atoms with E-state index >= 15 is 0 Å². The van der Waals surface area contributed by atoms with Gasteiger partial charge in [0.15, 0.2) is 0 Å². The number of hydrogen-bond donors (Lipinski definition) is 0. The second-order valence-electron chi connectivity index (χ2n) is 3.45. The van der Waals surface area contributed by atoms with E-state index in [1.165, 1.54) is 0 Å². The van der Waals surface area contributed by atoms with Crippen molar-refractivity contribution in [3.63, 3.8) is 0 Å². The van der Waals surface area contributed by atoms with Crippen LogP contribution in [0.4, 0.5) is 0 Å². The summed E-state index contributed by atoms with van der Waals surface area (Å²) in [6, 6.07) is 14.4. The molecule has 0 N–H and O–H groups in total. The molecule has 0 aliphatic heterocycles. The fourth-order valence-corrected chi connectivity index (χ4v) is 1.38. The fourth-order valence-electron chi connectivity index (χ4n) is 1.38. The van der Waals surface area contributed by atoms with Gasteiger partial charge in [0.05, 0.1) is 11.1 Å². The van der Waals surface area contributed by atoms with Crippen LogP contribution in [0.2, 0.25) is 0 Å². The average molecular weight is 229 g/mol. The van der Waals surface area contributed by atoms with E-state index in [1.807, 2.05) is 30.3 Å². The Bertz CT molecular complexity index is 707. The molecule has 1 aromatic carbocycles. The van der Waals surface area contributed by atoms with Crippen molar-refractivity contribution < 1.29 is 0 Å². The maximum atomic E-state index is 8.90. The van der Waals surface area contributed by atoms with Crippen molar-refractivity contribution in [3.05, 3.63) is 65.0 Å². The lowest BCUT2D eigenvalue weighted by molar-refractivity contribution is 1.29. The van der Waals surface area contributed by atoms with Crippen LogP contribution in [0.5, 0.6) is 0 Å². The van der Waals surface area contributed by atoms with Crippen molar-refractivity contribution in [2.24, 2.45) is 0 Å². The van der Waals surface area contributed by atoms with Gasteiger partial charge in [-0.2, -0.15) is 10.5 Å². The number of aromatic nitrogens is 1. The summed E-state index contributed by atoms with van der Waals surface area (Å²) in [5.74, 6) is 5.81. The smallest absolute Gasteiger partial charge is 0.113 e. The predicted molar refractivity (Wildman–Crippen MR) is 66.1 cm³/mol. The highest BCUT2D eigenvalue weighted by atomic mass is 14.6. The molecule has 0 fully saturated rings. The molecule has 0 saturated heterocycles. The maximum absolute atomic E-state index is 8.90. The zero-order chi connectivity index (χ0) is 12.8. The second kappa shape index (κ2) is 5.30. The van der Waals surface area contributed by atoms with Crippen LogP contribution >= 0.6 is 0 Å². The molecular weight excluding hydrogens is 222 g/mol. The van der Waals surface area contributed by atoms with E-state index in [0.29, 0.717) is 22.4 Å². The van der Waals surface area contributed by atoms with E-state index < -0.39 is 0 Å². The van der Waals surface area contributed by atoms with Gasteiger partial charge in [-0.15, -0.1) is 0 Å². The first-order valence-corrected chi connectivity index (χ1v) is 5.21. The Balaban J connectivity index is 2.36. The minimum Gasteiger partial charge on any atom is -0.248 e. The third-order valence-corrected chi connectivity index (χ3v) is 2.26. The van der Waals surface area contributed by atoms with Gasteiger partial charge in [0.1, 0.15) is 17.8 Å². The van der Waals surface area contributed by atoms with Crippen LogP contribution in [0.3, 0.4) is 0 Å². The van der Waals surface area contributed by atoms with E-state index in [-0.39, 0.29) is 0 Å². The highest BCUT2D eigenvalue weighted by Crippen LogP contribution is 2.09. The molecule has 0 bridgehead atoms. The summed E-state index contributed by atoms with van der Waals surface area (Å²) in [7, 11) is 0. The number of hydrogen-bond acceptors (Lipinski definition) is 3. The lowest BCUT2D eigenvalue weighted by Gasteiger charge is -1.94. The van der Waals surface area contributed by atoms with E-state index in [4.69, 9.17) is 10.5 Å². The molecule has 0 aliphatic carbocycles. The Morgan fingerprint density at radius 3 is 2.39 bits per heavy atom. The van der Waals surface area contributed by atoms with Crippen molar-refractivity contribution in [2.45, 2.75) is 0 Å². The molecule has 1 aromatic heterocycles. The molecule has 1 heterocycles. The van der Waals surface area contributed by atoms with Gasteiger partial charge in [0, 0.05) is 11.8 Å². The minimum atomic E-state index is 0.338. The van der Waals surface area contributed by atoms with Gasteiger partial charge in [0.2, 0.25) is 0 Å². The van der Waals surface area contributed by atoms with Crippen LogP contribution < -0.4 is 0 Å². The number of nitriles is 2. The van der Waals surface area contributed by atoms with Crippen molar-refractivity contribution in [1.29, 1.82) is 10.5 Å². The van der Waals surface area contributed by atoms with E-state index in [9.17, 15) is 0 Å². The lowest BCUT2D eigenvalue weighted by Crippen LogP contribution is -1.85. The standard InChI is InChI=1S/C15H7N3/c16-10-13-6-4-12(9-14(13)11-17)5-7-15-3-1-2-8-18-15/h1-4,6,8-9H.